The standard InChI is InChI=1S/C16H16FNO3S/c1-9-11-8-10(17)4-5-12(11)22-13(9)14(19)18-7-3-6-16(18,2)15(20)21/h4-5,8H,3,6-7H2,1-2H3,(H,20,21). The molecule has 0 aliphatic carbocycles. The average Bonchev–Trinajstić information content (AvgIpc) is 3.01. The Hall–Kier alpha value is -1.95. The zero-order valence-corrected chi connectivity index (χ0v) is 13.2. The molecule has 1 aliphatic rings. The molecule has 0 saturated carbocycles. The number of hydrogen-bond acceptors (Lipinski definition) is 3. The molecule has 22 heavy (non-hydrogen) atoms. The second-order valence-corrected chi connectivity index (χ2v) is 6.89. The minimum absolute atomic E-state index is 0.276. The van der Waals surface area contributed by atoms with Crippen molar-refractivity contribution in [1.29, 1.82) is 0 Å². The second-order valence-electron chi connectivity index (χ2n) is 5.84. The molecule has 3 rings (SSSR count). The monoisotopic (exact) mass is 321 g/mol. The van der Waals surface area contributed by atoms with Crippen LogP contribution in [0, 0.1) is 12.7 Å². The Morgan fingerprint density at radius 1 is 1.41 bits per heavy atom. The lowest BCUT2D eigenvalue weighted by atomic mass is 9.99. The molecule has 2 heterocycles. The molecular weight excluding hydrogens is 305 g/mol. The summed E-state index contributed by atoms with van der Waals surface area (Å²) in [6, 6.07) is 4.43. The first-order valence-corrected chi connectivity index (χ1v) is 7.90. The predicted molar refractivity (Wildman–Crippen MR) is 82.8 cm³/mol. The Morgan fingerprint density at radius 2 is 2.14 bits per heavy atom. The minimum Gasteiger partial charge on any atom is -0.480 e. The smallest absolute Gasteiger partial charge is 0.329 e. The van der Waals surface area contributed by atoms with E-state index in [9.17, 15) is 19.1 Å². The summed E-state index contributed by atoms with van der Waals surface area (Å²) in [6.07, 6.45) is 1.12. The summed E-state index contributed by atoms with van der Waals surface area (Å²) in [7, 11) is 0. The van der Waals surface area contributed by atoms with Gasteiger partial charge < -0.3 is 10.0 Å². The Balaban J connectivity index is 2.06. The molecule has 2 aromatic rings. The molecule has 1 atom stereocenters. The molecule has 1 N–H and O–H groups in total. The molecule has 116 valence electrons. The van der Waals surface area contributed by atoms with Crippen LogP contribution in [0.1, 0.15) is 35.0 Å². The molecule has 0 bridgehead atoms. The van der Waals surface area contributed by atoms with E-state index in [1.54, 1.807) is 19.9 Å². The van der Waals surface area contributed by atoms with E-state index in [1.807, 2.05) is 0 Å². The van der Waals surface area contributed by atoms with Gasteiger partial charge in [0.25, 0.3) is 5.91 Å². The third kappa shape index (κ3) is 2.09. The fourth-order valence-corrected chi connectivity index (χ4v) is 4.17. The topological polar surface area (TPSA) is 57.6 Å². The van der Waals surface area contributed by atoms with Gasteiger partial charge in [-0.1, -0.05) is 0 Å². The van der Waals surface area contributed by atoms with E-state index in [2.05, 4.69) is 0 Å². The molecule has 0 radical (unpaired) electrons. The van der Waals surface area contributed by atoms with Crippen molar-refractivity contribution in [2.45, 2.75) is 32.2 Å². The van der Waals surface area contributed by atoms with Crippen molar-refractivity contribution in [2.75, 3.05) is 6.54 Å². The number of benzene rings is 1. The van der Waals surface area contributed by atoms with Crippen LogP contribution < -0.4 is 0 Å². The van der Waals surface area contributed by atoms with E-state index in [4.69, 9.17) is 0 Å². The number of fused-ring (bicyclic) bond motifs is 1. The van der Waals surface area contributed by atoms with E-state index < -0.39 is 11.5 Å². The predicted octanol–water partition coefficient (Wildman–Crippen LogP) is 3.43. The summed E-state index contributed by atoms with van der Waals surface area (Å²) in [6.45, 7) is 3.80. The highest BCUT2D eigenvalue weighted by Crippen LogP contribution is 2.36. The summed E-state index contributed by atoms with van der Waals surface area (Å²) in [5.74, 6) is -1.60. The molecule has 1 amide bonds. The van der Waals surface area contributed by atoms with Crippen LogP contribution in [0.15, 0.2) is 18.2 Å². The van der Waals surface area contributed by atoms with Gasteiger partial charge in [-0.25, -0.2) is 9.18 Å². The highest BCUT2D eigenvalue weighted by atomic mass is 32.1. The van der Waals surface area contributed by atoms with Gasteiger partial charge in [-0.2, -0.15) is 0 Å². The Labute approximate surface area is 131 Å². The number of carbonyl (C=O) groups is 2. The van der Waals surface area contributed by atoms with Gasteiger partial charge >= 0.3 is 5.97 Å². The maximum Gasteiger partial charge on any atom is 0.329 e. The first-order valence-electron chi connectivity index (χ1n) is 7.08. The lowest BCUT2D eigenvalue weighted by molar-refractivity contribution is -0.147. The first kappa shape index (κ1) is 15.0. The molecule has 1 saturated heterocycles. The van der Waals surface area contributed by atoms with Gasteiger partial charge in [-0.05, 0) is 55.8 Å². The number of rotatable bonds is 2. The molecule has 0 spiro atoms. The summed E-state index contributed by atoms with van der Waals surface area (Å²) in [5, 5.41) is 10.2. The first-order chi connectivity index (χ1) is 10.3. The average molecular weight is 321 g/mol. The number of hydrogen-bond donors (Lipinski definition) is 1. The summed E-state index contributed by atoms with van der Waals surface area (Å²) < 4.78 is 14.2. The third-order valence-corrected chi connectivity index (χ3v) is 5.70. The fraction of sp³-hybridized carbons (Fsp3) is 0.375. The number of halogens is 1. The van der Waals surface area contributed by atoms with Gasteiger partial charge in [0.15, 0.2) is 0 Å². The van der Waals surface area contributed by atoms with Gasteiger partial charge in [0, 0.05) is 11.2 Å². The van der Waals surface area contributed by atoms with Crippen molar-refractivity contribution in [3.05, 3.63) is 34.5 Å². The number of aliphatic carboxylic acids is 1. The molecule has 1 aromatic carbocycles. The van der Waals surface area contributed by atoms with Crippen LogP contribution >= 0.6 is 11.3 Å². The Kier molecular flexibility index (Phi) is 3.44. The van der Waals surface area contributed by atoms with Gasteiger partial charge in [0.2, 0.25) is 0 Å². The van der Waals surface area contributed by atoms with Crippen molar-refractivity contribution in [3.8, 4) is 0 Å². The van der Waals surface area contributed by atoms with Crippen LogP contribution in [0.3, 0.4) is 0 Å². The van der Waals surface area contributed by atoms with Gasteiger partial charge in [-0.15, -0.1) is 11.3 Å². The number of carboxylic acids is 1. The lowest BCUT2D eigenvalue weighted by Crippen LogP contribution is -2.50. The largest absolute Gasteiger partial charge is 0.480 e. The minimum atomic E-state index is -1.16. The number of amides is 1. The molecule has 6 heteroatoms. The number of likely N-dealkylation sites (tertiary alicyclic amines) is 1. The summed E-state index contributed by atoms with van der Waals surface area (Å²) in [4.78, 5) is 26.3. The van der Waals surface area contributed by atoms with E-state index in [1.165, 1.54) is 28.4 Å². The Bertz CT molecular complexity index is 785. The van der Waals surface area contributed by atoms with Crippen molar-refractivity contribution in [2.24, 2.45) is 0 Å². The van der Waals surface area contributed by atoms with E-state index in [0.717, 1.165) is 4.70 Å². The zero-order valence-electron chi connectivity index (χ0n) is 12.4. The van der Waals surface area contributed by atoms with Crippen LogP contribution in [0.4, 0.5) is 4.39 Å². The van der Waals surface area contributed by atoms with Crippen LogP contribution in [0.25, 0.3) is 10.1 Å². The number of aryl methyl sites for hydroxylation is 1. The molecular formula is C16H16FNO3S. The highest BCUT2D eigenvalue weighted by molar-refractivity contribution is 7.21. The van der Waals surface area contributed by atoms with Gasteiger partial charge in [-0.3, -0.25) is 4.79 Å². The van der Waals surface area contributed by atoms with Crippen LogP contribution in [0.5, 0.6) is 0 Å². The van der Waals surface area contributed by atoms with E-state index in [0.29, 0.717) is 35.2 Å². The van der Waals surface area contributed by atoms with E-state index >= 15 is 0 Å². The number of nitrogens with zero attached hydrogens (tertiary/aromatic N) is 1. The van der Waals surface area contributed by atoms with Crippen molar-refractivity contribution in [3.63, 3.8) is 0 Å². The van der Waals surface area contributed by atoms with Crippen molar-refractivity contribution in [1.82, 2.24) is 4.90 Å². The highest BCUT2D eigenvalue weighted by Gasteiger charge is 2.46. The maximum atomic E-state index is 13.4. The molecule has 1 unspecified atom stereocenters. The van der Waals surface area contributed by atoms with E-state index in [-0.39, 0.29) is 11.7 Å². The van der Waals surface area contributed by atoms with Crippen molar-refractivity contribution < 1.29 is 19.1 Å². The quantitative estimate of drug-likeness (QED) is 0.922. The van der Waals surface area contributed by atoms with Crippen LogP contribution in [-0.2, 0) is 4.79 Å². The maximum absolute atomic E-state index is 13.4. The molecule has 1 aromatic heterocycles. The SMILES string of the molecule is Cc1c(C(=O)N2CCCC2(C)C(=O)O)sc2ccc(F)cc12. The Morgan fingerprint density at radius 3 is 2.82 bits per heavy atom. The number of thiophene rings is 1. The lowest BCUT2D eigenvalue weighted by Gasteiger charge is -2.31. The van der Waals surface area contributed by atoms with Crippen molar-refractivity contribution >= 4 is 33.3 Å². The molecule has 4 nitrogen and oxygen atoms in total. The zero-order chi connectivity index (χ0) is 16.1. The summed E-state index contributed by atoms with van der Waals surface area (Å²) >= 11 is 1.29. The third-order valence-electron chi connectivity index (χ3n) is 4.44. The molecule has 1 aliphatic heterocycles. The van der Waals surface area contributed by atoms with Gasteiger partial charge in [0.05, 0.1) is 4.88 Å². The number of carbonyl (C=O) groups excluding carboxylic acids is 1. The van der Waals surface area contributed by atoms with Crippen LogP contribution in [0.2, 0.25) is 0 Å². The van der Waals surface area contributed by atoms with Crippen LogP contribution in [-0.4, -0.2) is 34.0 Å². The fourth-order valence-electron chi connectivity index (χ4n) is 3.03. The second kappa shape index (κ2) is 5.05. The normalized spacial score (nSPS) is 21.5. The summed E-state index contributed by atoms with van der Waals surface area (Å²) in [5.41, 5.74) is -0.450. The molecule has 1 fully saturated rings. The number of carboxylic acid groups (broad SMARTS) is 1. The van der Waals surface area contributed by atoms with Gasteiger partial charge in [0.1, 0.15) is 11.4 Å².